The molecule has 0 saturated heterocycles. The van der Waals surface area contributed by atoms with Gasteiger partial charge in [0.2, 0.25) is 0 Å². The minimum absolute atomic E-state index is 1.04. The number of rotatable bonds is 1. The first-order chi connectivity index (χ1) is 7.36. The molecule has 3 aromatic rings. The molecule has 0 bridgehead atoms. The Hall–Kier alpha value is -1.61. The van der Waals surface area contributed by atoms with Gasteiger partial charge in [0.15, 0.2) is 5.82 Å². The van der Waals surface area contributed by atoms with E-state index >= 15 is 0 Å². The van der Waals surface area contributed by atoms with E-state index in [0.29, 0.717) is 0 Å². The van der Waals surface area contributed by atoms with Crippen LogP contribution < -0.4 is 0 Å². The van der Waals surface area contributed by atoms with Crippen molar-refractivity contribution in [3.05, 3.63) is 47.6 Å². The summed E-state index contributed by atoms with van der Waals surface area (Å²) < 4.78 is 2.12. The third kappa shape index (κ3) is 1.27. The van der Waals surface area contributed by atoms with Gasteiger partial charge in [0.05, 0.1) is 16.6 Å². The Labute approximate surface area is 91.8 Å². The van der Waals surface area contributed by atoms with Gasteiger partial charge in [-0.15, -0.1) is 11.3 Å². The van der Waals surface area contributed by atoms with E-state index in [9.17, 15) is 0 Å². The summed E-state index contributed by atoms with van der Waals surface area (Å²) in [5.74, 6) is 1.04. The first-order valence-corrected chi connectivity index (χ1v) is 5.71. The summed E-state index contributed by atoms with van der Waals surface area (Å²) in [4.78, 5) is 5.72. The van der Waals surface area contributed by atoms with Crippen LogP contribution in [0.5, 0.6) is 0 Å². The summed E-state index contributed by atoms with van der Waals surface area (Å²) in [5, 5.41) is 2.11. The minimum Gasteiger partial charge on any atom is -0.299 e. The number of imidazole rings is 1. The Morgan fingerprint density at radius 1 is 1.27 bits per heavy atom. The number of aromatic nitrogens is 2. The highest BCUT2D eigenvalue weighted by molar-refractivity contribution is 7.13. The molecular formula is C12H10N2S. The Balaban J connectivity index is 2.32. The average Bonchev–Trinajstić information content (AvgIpc) is 2.83. The van der Waals surface area contributed by atoms with Gasteiger partial charge >= 0.3 is 0 Å². The lowest BCUT2D eigenvalue weighted by Crippen LogP contribution is -1.87. The van der Waals surface area contributed by atoms with Crippen molar-refractivity contribution in [2.45, 2.75) is 6.92 Å². The number of aryl methyl sites for hydroxylation is 1. The van der Waals surface area contributed by atoms with Gasteiger partial charge in [-0.2, -0.15) is 0 Å². The second-order valence-corrected chi connectivity index (χ2v) is 4.43. The molecule has 2 nitrogen and oxygen atoms in total. The zero-order chi connectivity index (χ0) is 10.3. The average molecular weight is 214 g/mol. The molecule has 0 spiro atoms. The van der Waals surface area contributed by atoms with Crippen molar-refractivity contribution in [2.24, 2.45) is 0 Å². The van der Waals surface area contributed by atoms with Crippen molar-refractivity contribution >= 4 is 16.9 Å². The van der Waals surface area contributed by atoms with Gasteiger partial charge in [0, 0.05) is 6.20 Å². The number of fused-ring (bicyclic) bond motifs is 1. The van der Waals surface area contributed by atoms with Gasteiger partial charge in [0.1, 0.15) is 0 Å². The standard InChI is InChI=1S/C12H10N2S/c1-9-5-7-15-11(9)12-13-8-10-4-2-3-6-14(10)12/h2-8H,1H3. The highest BCUT2D eigenvalue weighted by Gasteiger charge is 2.08. The molecule has 0 aliphatic rings. The molecule has 0 saturated carbocycles. The number of nitrogens with zero attached hydrogens (tertiary/aromatic N) is 2. The third-order valence-electron chi connectivity index (χ3n) is 2.50. The smallest absolute Gasteiger partial charge is 0.154 e. The van der Waals surface area contributed by atoms with E-state index in [2.05, 4.69) is 40.0 Å². The van der Waals surface area contributed by atoms with Gasteiger partial charge in [-0.3, -0.25) is 4.40 Å². The molecule has 3 aromatic heterocycles. The van der Waals surface area contributed by atoms with Crippen molar-refractivity contribution in [2.75, 3.05) is 0 Å². The first kappa shape index (κ1) is 8.68. The lowest BCUT2D eigenvalue weighted by molar-refractivity contribution is 1.17. The van der Waals surface area contributed by atoms with Crippen LogP contribution in [0.3, 0.4) is 0 Å². The van der Waals surface area contributed by atoms with Crippen molar-refractivity contribution in [1.29, 1.82) is 0 Å². The normalized spacial score (nSPS) is 11.0. The van der Waals surface area contributed by atoms with Gasteiger partial charge in [-0.1, -0.05) is 6.07 Å². The van der Waals surface area contributed by atoms with Crippen LogP contribution in [-0.2, 0) is 0 Å². The molecule has 0 aliphatic heterocycles. The van der Waals surface area contributed by atoms with Crippen molar-refractivity contribution < 1.29 is 0 Å². The molecule has 0 fully saturated rings. The Bertz CT molecular complexity index is 607. The monoisotopic (exact) mass is 214 g/mol. The van der Waals surface area contributed by atoms with Crippen LogP contribution in [0, 0.1) is 6.92 Å². The summed E-state index contributed by atoms with van der Waals surface area (Å²) in [6.45, 7) is 2.12. The molecule has 0 atom stereocenters. The van der Waals surface area contributed by atoms with Crippen LogP contribution in [0.25, 0.3) is 16.2 Å². The van der Waals surface area contributed by atoms with Gasteiger partial charge in [-0.25, -0.2) is 4.98 Å². The van der Waals surface area contributed by atoms with Gasteiger partial charge in [-0.05, 0) is 36.1 Å². The summed E-state index contributed by atoms with van der Waals surface area (Å²) in [5.41, 5.74) is 2.43. The summed E-state index contributed by atoms with van der Waals surface area (Å²) in [6, 6.07) is 8.26. The van der Waals surface area contributed by atoms with Gasteiger partial charge in [0.25, 0.3) is 0 Å². The number of hydrogen-bond acceptors (Lipinski definition) is 2. The van der Waals surface area contributed by atoms with Crippen LogP contribution in [0.4, 0.5) is 0 Å². The molecule has 0 amide bonds. The zero-order valence-electron chi connectivity index (χ0n) is 8.34. The predicted molar refractivity (Wildman–Crippen MR) is 63.2 cm³/mol. The van der Waals surface area contributed by atoms with Crippen LogP contribution >= 0.6 is 11.3 Å². The fourth-order valence-electron chi connectivity index (χ4n) is 1.71. The van der Waals surface area contributed by atoms with E-state index in [4.69, 9.17) is 0 Å². The van der Waals surface area contributed by atoms with Crippen molar-refractivity contribution in [3.8, 4) is 10.7 Å². The van der Waals surface area contributed by atoms with Crippen molar-refractivity contribution in [3.63, 3.8) is 0 Å². The largest absolute Gasteiger partial charge is 0.299 e. The summed E-state index contributed by atoms with van der Waals surface area (Å²) in [7, 11) is 0. The molecule has 3 heteroatoms. The van der Waals surface area contributed by atoms with E-state index in [1.54, 1.807) is 11.3 Å². The fourth-order valence-corrected chi connectivity index (χ4v) is 2.63. The lowest BCUT2D eigenvalue weighted by atomic mass is 10.3. The lowest BCUT2D eigenvalue weighted by Gasteiger charge is -1.99. The quantitative estimate of drug-likeness (QED) is 0.607. The van der Waals surface area contributed by atoms with Crippen LogP contribution in [-0.4, -0.2) is 9.38 Å². The predicted octanol–water partition coefficient (Wildman–Crippen LogP) is 3.37. The van der Waals surface area contributed by atoms with Crippen molar-refractivity contribution in [1.82, 2.24) is 9.38 Å². The molecule has 3 rings (SSSR count). The maximum atomic E-state index is 4.47. The molecule has 0 radical (unpaired) electrons. The minimum atomic E-state index is 1.04. The number of thiophene rings is 1. The maximum absolute atomic E-state index is 4.47. The first-order valence-electron chi connectivity index (χ1n) is 4.83. The number of pyridine rings is 1. The topological polar surface area (TPSA) is 17.3 Å². The molecule has 0 aliphatic carbocycles. The molecule has 3 heterocycles. The molecule has 0 aromatic carbocycles. The fraction of sp³-hybridized carbons (Fsp3) is 0.0833. The third-order valence-corrected chi connectivity index (χ3v) is 3.52. The van der Waals surface area contributed by atoms with E-state index < -0.39 is 0 Å². The maximum Gasteiger partial charge on any atom is 0.154 e. The molecule has 0 N–H and O–H groups in total. The van der Waals surface area contributed by atoms with E-state index in [1.165, 1.54) is 10.4 Å². The van der Waals surface area contributed by atoms with Gasteiger partial charge < -0.3 is 0 Å². The van der Waals surface area contributed by atoms with E-state index in [-0.39, 0.29) is 0 Å². The molecule has 0 unspecified atom stereocenters. The highest BCUT2D eigenvalue weighted by atomic mass is 32.1. The Kier molecular flexibility index (Phi) is 1.86. The second-order valence-electron chi connectivity index (χ2n) is 3.51. The van der Waals surface area contributed by atoms with E-state index in [0.717, 1.165) is 11.3 Å². The van der Waals surface area contributed by atoms with Crippen LogP contribution in [0.15, 0.2) is 42.0 Å². The molecular weight excluding hydrogens is 204 g/mol. The summed E-state index contributed by atoms with van der Waals surface area (Å²) in [6.07, 6.45) is 3.96. The van der Waals surface area contributed by atoms with Crippen LogP contribution in [0.2, 0.25) is 0 Å². The zero-order valence-corrected chi connectivity index (χ0v) is 9.16. The Morgan fingerprint density at radius 3 is 3.00 bits per heavy atom. The molecule has 15 heavy (non-hydrogen) atoms. The SMILES string of the molecule is Cc1ccsc1-c1ncc2ccccn12. The van der Waals surface area contributed by atoms with E-state index in [1.807, 2.05) is 18.3 Å². The second kappa shape index (κ2) is 3.21. The molecule has 74 valence electrons. The highest BCUT2D eigenvalue weighted by Crippen LogP contribution is 2.28. The number of hydrogen-bond donors (Lipinski definition) is 0. The summed E-state index contributed by atoms with van der Waals surface area (Å²) >= 11 is 1.74. The Morgan fingerprint density at radius 2 is 2.20 bits per heavy atom. The van der Waals surface area contributed by atoms with Crippen LogP contribution in [0.1, 0.15) is 5.56 Å².